The van der Waals surface area contributed by atoms with Crippen LogP contribution in [0.2, 0.25) is 0 Å². The molecule has 3 N–H and O–H groups in total. The number of rotatable bonds is 7. The molecule has 124 valence electrons. The van der Waals surface area contributed by atoms with Crippen LogP contribution in [0.4, 0.5) is 0 Å². The molecular formula is C14H27Cl2N3OS. The number of carbonyl (C=O) groups excluding carboxylic acids is 1. The topological polar surface area (TPSA) is 68.0 Å². The van der Waals surface area contributed by atoms with Gasteiger partial charge in [-0.05, 0) is 18.8 Å². The molecule has 1 aromatic rings. The number of halogens is 2. The maximum absolute atomic E-state index is 12.3. The van der Waals surface area contributed by atoms with Gasteiger partial charge in [-0.15, -0.1) is 36.2 Å². The minimum absolute atomic E-state index is 0. The Morgan fingerprint density at radius 2 is 1.95 bits per heavy atom. The summed E-state index contributed by atoms with van der Waals surface area (Å²) < 4.78 is 0. The number of hydrogen-bond acceptors (Lipinski definition) is 4. The highest BCUT2D eigenvalue weighted by atomic mass is 35.5. The lowest BCUT2D eigenvalue weighted by molar-refractivity contribution is -0.131. The second kappa shape index (κ2) is 10.4. The molecule has 0 radical (unpaired) electrons. The Bertz CT molecular complexity index is 412. The first-order chi connectivity index (χ1) is 8.99. The maximum Gasteiger partial charge on any atom is 0.227 e. The Labute approximate surface area is 144 Å². The third-order valence-corrected chi connectivity index (χ3v) is 4.65. The fourth-order valence-electron chi connectivity index (χ4n) is 1.97. The zero-order valence-corrected chi connectivity index (χ0v) is 15.6. The zero-order valence-electron chi connectivity index (χ0n) is 13.1. The Balaban J connectivity index is 0. The van der Waals surface area contributed by atoms with Crippen LogP contribution < -0.4 is 11.1 Å². The van der Waals surface area contributed by atoms with Gasteiger partial charge in [-0.3, -0.25) is 4.79 Å². The summed E-state index contributed by atoms with van der Waals surface area (Å²) in [4.78, 5) is 16.8. The van der Waals surface area contributed by atoms with Gasteiger partial charge in [0.1, 0.15) is 5.01 Å². The molecule has 1 rings (SSSR count). The van der Waals surface area contributed by atoms with Crippen LogP contribution in [0.5, 0.6) is 0 Å². The lowest BCUT2D eigenvalue weighted by Gasteiger charge is -2.28. The highest BCUT2D eigenvalue weighted by Crippen LogP contribution is 2.25. The number of hydrogen-bond donors (Lipinski definition) is 2. The Hall–Kier alpha value is -0.360. The molecule has 0 bridgehead atoms. The molecule has 0 fully saturated rings. The third kappa shape index (κ3) is 5.74. The number of nitrogens with two attached hydrogens (primary N) is 1. The van der Waals surface area contributed by atoms with Crippen LogP contribution >= 0.6 is 36.2 Å². The smallest absolute Gasteiger partial charge is 0.227 e. The number of thiazole rings is 1. The molecule has 7 heteroatoms. The summed E-state index contributed by atoms with van der Waals surface area (Å²) >= 11 is 1.60. The molecule has 0 unspecified atom stereocenters. The molecular weight excluding hydrogens is 329 g/mol. The quantitative estimate of drug-likeness (QED) is 0.786. The van der Waals surface area contributed by atoms with Crippen molar-refractivity contribution >= 4 is 42.1 Å². The Kier molecular flexibility index (Phi) is 11.3. The molecule has 0 saturated heterocycles. The maximum atomic E-state index is 12.3. The summed E-state index contributed by atoms with van der Waals surface area (Å²) in [5.74, 6) is 0.469. The van der Waals surface area contributed by atoms with Crippen LogP contribution in [0, 0.1) is 5.41 Å². The molecule has 0 atom stereocenters. The summed E-state index contributed by atoms with van der Waals surface area (Å²) in [5, 5.41) is 5.99. The van der Waals surface area contributed by atoms with Crippen molar-refractivity contribution in [3.63, 3.8) is 0 Å². The number of nitrogens with one attached hydrogen (secondary N) is 1. The monoisotopic (exact) mass is 355 g/mol. The highest BCUT2D eigenvalue weighted by molar-refractivity contribution is 7.09. The van der Waals surface area contributed by atoms with E-state index in [0.29, 0.717) is 19.0 Å². The van der Waals surface area contributed by atoms with E-state index in [9.17, 15) is 4.79 Å². The normalized spacial score (nSPS) is 10.8. The van der Waals surface area contributed by atoms with Crippen molar-refractivity contribution in [1.82, 2.24) is 10.3 Å². The van der Waals surface area contributed by atoms with Crippen molar-refractivity contribution in [2.75, 3.05) is 6.54 Å². The van der Waals surface area contributed by atoms with Crippen LogP contribution in [0.1, 0.15) is 57.2 Å². The lowest BCUT2D eigenvalue weighted by atomic mass is 9.81. The number of amides is 1. The highest BCUT2D eigenvalue weighted by Gasteiger charge is 2.33. The molecule has 0 spiro atoms. The van der Waals surface area contributed by atoms with E-state index in [1.165, 1.54) is 0 Å². The molecule has 0 saturated carbocycles. The van der Waals surface area contributed by atoms with Gasteiger partial charge in [0.15, 0.2) is 0 Å². The molecule has 1 aromatic heterocycles. The summed E-state index contributed by atoms with van der Waals surface area (Å²) in [5.41, 5.74) is 6.42. The van der Waals surface area contributed by atoms with Gasteiger partial charge in [0.2, 0.25) is 5.91 Å². The molecule has 0 aromatic carbocycles. The summed E-state index contributed by atoms with van der Waals surface area (Å²) in [7, 11) is 0. The molecule has 1 amide bonds. The van der Waals surface area contributed by atoms with Crippen molar-refractivity contribution in [1.29, 1.82) is 0 Å². The van der Waals surface area contributed by atoms with E-state index in [0.717, 1.165) is 23.5 Å². The first kappa shape index (κ1) is 22.9. The molecule has 4 nitrogen and oxygen atoms in total. The van der Waals surface area contributed by atoms with E-state index in [-0.39, 0.29) is 30.7 Å². The second-order valence-electron chi connectivity index (χ2n) is 5.20. The van der Waals surface area contributed by atoms with Gasteiger partial charge in [-0.25, -0.2) is 4.98 Å². The summed E-state index contributed by atoms with van der Waals surface area (Å²) in [6.07, 6.45) is 1.53. The van der Waals surface area contributed by atoms with Gasteiger partial charge in [-0.1, -0.05) is 27.7 Å². The minimum atomic E-state index is -0.432. The van der Waals surface area contributed by atoms with E-state index in [1.807, 2.05) is 13.8 Å². The molecule has 1 heterocycles. The summed E-state index contributed by atoms with van der Waals surface area (Å²) in [6, 6.07) is 0. The predicted molar refractivity (Wildman–Crippen MR) is 94.6 cm³/mol. The zero-order chi connectivity index (χ0) is 14.5. The fourth-order valence-corrected chi connectivity index (χ4v) is 2.86. The van der Waals surface area contributed by atoms with Gasteiger partial charge in [0.05, 0.1) is 17.7 Å². The average Bonchev–Trinajstić information content (AvgIpc) is 2.88. The number of aromatic nitrogens is 1. The molecule has 0 aliphatic rings. The summed E-state index contributed by atoms with van der Waals surface area (Å²) in [6.45, 7) is 9.14. The van der Waals surface area contributed by atoms with Gasteiger partial charge in [0, 0.05) is 11.9 Å². The SMILES string of the molecule is CCC(CC)(CN)C(=O)NCc1nc(C(C)C)cs1.Cl.Cl. The second-order valence-corrected chi connectivity index (χ2v) is 6.14. The first-order valence-electron chi connectivity index (χ1n) is 6.91. The van der Waals surface area contributed by atoms with Gasteiger partial charge >= 0.3 is 0 Å². The lowest BCUT2D eigenvalue weighted by Crippen LogP contribution is -2.45. The van der Waals surface area contributed by atoms with Gasteiger partial charge in [0.25, 0.3) is 0 Å². The van der Waals surface area contributed by atoms with Gasteiger partial charge in [-0.2, -0.15) is 0 Å². The number of nitrogens with zero attached hydrogens (tertiary/aromatic N) is 1. The van der Waals surface area contributed by atoms with E-state index in [2.05, 4.69) is 29.5 Å². The van der Waals surface area contributed by atoms with Crippen LogP contribution in [0.15, 0.2) is 5.38 Å². The molecule has 0 aliphatic carbocycles. The first-order valence-corrected chi connectivity index (χ1v) is 7.79. The third-order valence-electron chi connectivity index (χ3n) is 3.79. The fraction of sp³-hybridized carbons (Fsp3) is 0.714. The molecule has 21 heavy (non-hydrogen) atoms. The van der Waals surface area contributed by atoms with Crippen molar-refractivity contribution < 1.29 is 4.79 Å². The van der Waals surface area contributed by atoms with E-state index >= 15 is 0 Å². The Morgan fingerprint density at radius 3 is 2.33 bits per heavy atom. The largest absolute Gasteiger partial charge is 0.349 e. The van der Waals surface area contributed by atoms with Crippen LogP contribution in [0.3, 0.4) is 0 Å². The standard InChI is InChI=1S/C14H25N3OS.2ClH/c1-5-14(6-2,9-15)13(18)16-7-12-17-11(8-19-12)10(3)4;;/h8,10H,5-7,9,15H2,1-4H3,(H,16,18);2*1H. The van der Waals surface area contributed by atoms with Crippen molar-refractivity contribution in [3.05, 3.63) is 16.1 Å². The van der Waals surface area contributed by atoms with Crippen molar-refractivity contribution in [2.45, 2.75) is 53.0 Å². The number of carbonyl (C=O) groups is 1. The average molecular weight is 356 g/mol. The van der Waals surface area contributed by atoms with E-state index < -0.39 is 5.41 Å². The molecule has 0 aliphatic heterocycles. The van der Waals surface area contributed by atoms with E-state index in [1.54, 1.807) is 11.3 Å². The predicted octanol–water partition coefficient (Wildman–Crippen LogP) is 3.49. The minimum Gasteiger partial charge on any atom is -0.349 e. The Morgan fingerprint density at radius 1 is 1.38 bits per heavy atom. The van der Waals surface area contributed by atoms with Crippen LogP contribution in [-0.4, -0.2) is 17.4 Å². The van der Waals surface area contributed by atoms with Crippen LogP contribution in [0.25, 0.3) is 0 Å². The van der Waals surface area contributed by atoms with Gasteiger partial charge < -0.3 is 11.1 Å². The van der Waals surface area contributed by atoms with Crippen molar-refractivity contribution in [2.24, 2.45) is 11.1 Å². The van der Waals surface area contributed by atoms with E-state index in [4.69, 9.17) is 5.73 Å². The van der Waals surface area contributed by atoms with Crippen molar-refractivity contribution in [3.8, 4) is 0 Å². The van der Waals surface area contributed by atoms with Crippen LogP contribution in [-0.2, 0) is 11.3 Å².